The normalized spacial score (nSPS) is 16.4. The summed E-state index contributed by atoms with van der Waals surface area (Å²) in [5.41, 5.74) is 6.11. The second-order valence-electron chi connectivity index (χ2n) is 8.89. The van der Waals surface area contributed by atoms with Crippen molar-refractivity contribution >= 4 is 22.5 Å². The van der Waals surface area contributed by atoms with Crippen molar-refractivity contribution in [2.75, 3.05) is 31.6 Å². The van der Waals surface area contributed by atoms with Crippen LogP contribution in [0.5, 0.6) is 0 Å². The van der Waals surface area contributed by atoms with Crippen LogP contribution in [0.3, 0.4) is 0 Å². The predicted molar refractivity (Wildman–Crippen MR) is 133 cm³/mol. The molecule has 174 valence electrons. The molecular formula is C27H29N5O2. The van der Waals surface area contributed by atoms with Gasteiger partial charge < -0.3 is 15.0 Å². The molecule has 0 radical (unpaired) electrons. The number of hydrogen-bond donors (Lipinski definition) is 2. The van der Waals surface area contributed by atoms with Gasteiger partial charge in [-0.3, -0.25) is 14.9 Å². The highest BCUT2D eigenvalue weighted by Gasteiger charge is 2.24. The third kappa shape index (κ3) is 4.94. The first-order valence-corrected chi connectivity index (χ1v) is 11.7. The Hall–Kier alpha value is -3.71. The van der Waals surface area contributed by atoms with Gasteiger partial charge in [0, 0.05) is 54.6 Å². The molecule has 4 aromatic rings. The van der Waals surface area contributed by atoms with E-state index in [0.29, 0.717) is 38.4 Å². The molecule has 1 unspecified atom stereocenters. The maximum absolute atomic E-state index is 13.5. The minimum atomic E-state index is 0.0430. The highest BCUT2D eigenvalue weighted by atomic mass is 16.5. The molecule has 0 spiro atoms. The van der Waals surface area contributed by atoms with Gasteiger partial charge >= 0.3 is 0 Å². The van der Waals surface area contributed by atoms with Crippen LogP contribution >= 0.6 is 0 Å². The number of rotatable bonds is 6. The van der Waals surface area contributed by atoms with Crippen molar-refractivity contribution in [2.45, 2.75) is 19.9 Å². The van der Waals surface area contributed by atoms with E-state index >= 15 is 0 Å². The highest BCUT2D eigenvalue weighted by Crippen LogP contribution is 2.23. The van der Waals surface area contributed by atoms with Crippen LogP contribution in [0.4, 0.5) is 5.69 Å². The van der Waals surface area contributed by atoms with Crippen LogP contribution in [0.15, 0.2) is 67.1 Å². The number of hydrogen-bond acceptors (Lipinski definition) is 5. The zero-order valence-corrected chi connectivity index (χ0v) is 19.3. The summed E-state index contributed by atoms with van der Waals surface area (Å²) in [7, 11) is 0. The van der Waals surface area contributed by atoms with Crippen molar-refractivity contribution in [3.63, 3.8) is 0 Å². The second-order valence-corrected chi connectivity index (χ2v) is 8.89. The summed E-state index contributed by atoms with van der Waals surface area (Å²) in [6.07, 6.45) is 6.32. The molecule has 1 atom stereocenters. The fourth-order valence-electron chi connectivity index (χ4n) is 4.53. The molecule has 1 aliphatic rings. The molecule has 0 aliphatic carbocycles. The molecule has 0 bridgehead atoms. The van der Waals surface area contributed by atoms with Crippen LogP contribution in [0, 0.1) is 12.8 Å². The Balaban J connectivity index is 1.29. The Kier molecular flexibility index (Phi) is 6.53. The number of H-pyrrole nitrogens is 1. The molecular weight excluding hydrogens is 426 g/mol. The van der Waals surface area contributed by atoms with Gasteiger partial charge in [0.25, 0.3) is 5.91 Å². The molecule has 2 aromatic heterocycles. The number of nitrogens with one attached hydrogen (secondary N) is 2. The van der Waals surface area contributed by atoms with Crippen LogP contribution in [0.1, 0.15) is 27.0 Å². The van der Waals surface area contributed by atoms with Gasteiger partial charge in [-0.05, 0) is 54.3 Å². The third-order valence-corrected chi connectivity index (χ3v) is 6.40. The molecule has 5 rings (SSSR count). The van der Waals surface area contributed by atoms with E-state index in [4.69, 9.17) is 4.74 Å². The Labute approximate surface area is 199 Å². The molecule has 3 heterocycles. The molecule has 7 nitrogen and oxygen atoms in total. The first-order chi connectivity index (χ1) is 16.7. The molecule has 2 N–H and O–H groups in total. The lowest BCUT2D eigenvalue weighted by molar-refractivity contribution is 0.0737. The quantitative estimate of drug-likeness (QED) is 0.455. The van der Waals surface area contributed by atoms with E-state index in [0.717, 1.165) is 34.1 Å². The largest absolute Gasteiger partial charge is 0.381 e. The van der Waals surface area contributed by atoms with Gasteiger partial charge in [0.1, 0.15) is 0 Å². The van der Waals surface area contributed by atoms with Crippen molar-refractivity contribution in [3.05, 3.63) is 89.4 Å². The lowest BCUT2D eigenvalue weighted by atomic mass is 9.97. The fourth-order valence-corrected chi connectivity index (χ4v) is 4.53. The van der Waals surface area contributed by atoms with Gasteiger partial charge in [-0.25, -0.2) is 0 Å². The third-order valence-electron chi connectivity index (χ3n) is 6.40. The zero-order valence-electron chi connectivity index (χ0n) is 19.3. The number of amides is 1. The van der Waals surface area contributed by atoms with E-state index < -0.39 is 0 Å². The summed E-state index contributed by atoms with van der Waals surface area (Å²) in [6.45, 7) is 5.16. The Morgan fingerprint density at radius 1 is 1.21 bits per heavy atom. The molecule has 1 fully saturated rings. The minimum Gasteiger partial charge on any atom is -0.381 e. The summed E-state index contributed by atoms with van der Waals surface area (Å²) in [6, 6.07) is 16.0. The molecule has 0 saturated carbocycles. The molecule has 2 aromatic carbocycles. The number of nitrogens with zero attached hydrogens (tertiary/aromatic N) is 3. The van der Waals surface area contributed by atoms with Crippen LogP contribution in [-0.4, -0.2) is 52.3 Å². The van der Waals surface area contributed by atoms with Gasteiger partial charge in [-0.2, -0.15) is 5.10 Å². The fraction of sp³-hybridized carbons (Fsp3) is 0.296. The molecule has 34 heavy (non-hydrogen) atoms. The lowest BCUT2D eigenvalue weighted by Crippen LogP contribution is -2.36. The van der Waals surface area contributed by atoms with Crippen molar-refractivity contribution in [3.8, 4) is 0 Å². The summed E-state index contributed by atoms with van der Waals surface area (Å²) < 4.78 is 5.88. The van der Waals surface area contributed by atoms with Crippen molar-refractivity contribution in [2.24, 2.45) is 5.92 Å². The first-order valence-electron chi connectivity index (χ1n) is 11.7. The maximum Gasteiger partial charge on any atom is 0.254 e. The second kappa shape index (κ2) is 10.1. The Bertz CT molecular complexity index is 1270. The monoisotopic (exact) mass is 455 g/mol. The van der Waals surface area contributed by atoms with Gasteiger partial charge in [0.05, 0.1) is 24.9 Å². The number of ether oxygens (including phenoxy) is 1. The number of aromatic nitrogens is 3. The van der Waals surface area contributed by atoms with Gasteiger partial charge in [-0.15, -0.1) is 0 Å². The van der Waals surface area contributed by atoms with Gasteiger partial charge in [0.2, 0.25) is 0 Å². The Morgan fingerprint density at radius 2 is 2.15 bits per heavy atom. The van der Waals surface area contributed by atoms with E-state index in [1.54, 1.807) is 6.20 Å². The summed E-state index contributed by atoms with van der Waals surface area (Å²) in [5.74, 6) is 0.266. The number of anilines is 1. The van der Waals surface area contributed by atoms with Crippen molar-refractivity contribution in [1.82, 2.24) is 20.1 Å². The van der Waals surface area contributed by atoms with E-state index in [9.17, 15) is 4.79 Å². The van der Waals surface area contributed by atoms with Crippen LogP contribution in [0.25, 0.3) is 10.9 Å². The Morgan fingerprint density at radius 3 is 3.03 bits per heavy atom. The average molecular weight is 456 g/mol. The zero-order chi connectivity index (χ0) is 23.3. The van der Waals surface area contributed by atoms with Crippen LogP contribution < -0.4 is 5.32 Å². The maximum atomic E-state index is 13.5. The number of carbonyl (C=O) groups excluding carboxylic acids is 1. The molecule has 1 saturated heterocycles. The van der Waals surface area contributed by atoms with E-state index in [1.807, 2.05) is 66.7 Å². The standard InChI is InChI=1S/C27H29N5O2/c1-19-7-8-23(13-26(19)29-15-20-4-3-9-28-14-20)27(33)32-10-11-34-18-21(17-32)12-22-5-2-6-25-24(22)16-30-31-25/h2-9,13-14,16,21,29H,10-12,15,17-18H2,1H3,(H,30,31). The summed E-state index contributed by atoms with van der Waals surface area (Å²) >= 11 is 0. The predicted octanol–water partition coefficient (Wildman–Crippen LogP) is 4.21. The molecule has 1 aliphatic heterocycles. The number of benzene rings is 2. The van der Waals surface area contributed by atoms with Crippen molar-refractivity contribution in [1.29, 1.82) is 0 Å². The summed E-state index contributed by atoms with van der Waals surface area (Å²) in [4.78, 5) is 19.6. The highest BCUT2D eigenvalue weighted by molar-refractivity contribution is 5.95. The average Bonchev–Trinajstić information content (AvgIpc) is 3.24. The lowest BCUT2D eigenvalue weighted by Gasteiger charge is -2.24. The number of aryl methyl sites for hydroxylation is 1. The first kappa shape index (κ1) is 22.1. The number of pyridine rings is 1. The van der Waals surface area contributed by atoms with E-state index in [2.05, 4.69) is 26.6 Å². The van der Waals surface area contributed by atoms with Crippen LogP contribution in [0.2, 0.25) is 0 Å². The van der Waals surface area contributed by atoms with Gasteiger partial charge in [0.15, 0.2) is 0 Å². The number of carbonyl (C=O) groups is 1. The molecule has 1 amide bonds. The van der Waals surface area contributed by atoms with Crippen LogP contribution in [-0.2, 0) is 17.7 Å². The number of fused-ring (bicyclic) bond motifs is 1. The topological polar surface area (TPSA) is 83.1 Å². The smallest absolute Gasteiger partial charge is 0.254 e. The summed E-state index contributed by atoms with van der Waals surface area (Å²) in [5, 5.41) is 11.8. The van der Waals surface area contributed by atoms with Crippen molar-refractivity contribution < 1.29 is 9.53 Å². The molecule has 7 heteroatoms. The number of aromatic amines is 1. The van der Waals surface area contributed by atoms with E-state index in [1.165, 1.54) is 5.56 Å². The minimum absolute atomic E-state index is 0.0430. The van der Waals surface area contributed by atoms with Gasteiger partial charge in [-0.1, -0.05) is 24.3 Å². The SMILES string of the molecule is Cc1ccc(C(=O)N2CCOCC(Cc3cccc4[nH]ncc34)C2)cc1NCc1cccnc1. The van der Waals surface area contributed by atoms with E-state index in [-0.39, 0.29) is 11.8 Å².